The van der Waals surface area contributed by atoms with E-state index in [2.05, 4.69) is 10.6 Å². The molecular formula is C18H26N2O5. The Labute approximate surface area is 148 Å². The van der Waals surface area contributed by atoms with Gasteiger partial charge in [-0.15, -0.1) is 0 Å². The number of rotatable bonds is 6. The summed E-state index contributed by atoms with van der Waals surface area (Å²) in [4.78, 5) is 35.6. The molecule has 25 heavy (non-hydrogen) atoms. The molecule has 0 heterocycles. The topological polar surface area (TPSA) is 93.7 Å². The van der Waals surface area contributed by atoms with Crippen molar-refractivity contribution in [3.8, 4) is 0 Å². The van der Waals surface area contributed by atoms with Gasteiger partial charge < -0.3 is 20.1 Å². The number of amides is 2. The summed E-state index contributed by atoms with van der Waals surface area (Å²) in [5.41, 5.74) is 0.203. The second kappa shape index (κ2) is 9.05. The lowest BCUT2D eigenvalue weighted by Crippen LogP contribution is -2.50. The van der Waals surface area contributed by atoms with Gasteiger partial charge in [0, 0.05) is 0 Å². The van der Waals surface area contributed by atoms with E-state index in [4.69, 9.17) is 9.47 Å². The van der Waals surface area contributed by atoms with Crippen LogP contribution in [0.25, 0.3) is 0 Å². The van der Waals surface area contributed by atoms with Gasteiger partial charge in [0.15, 0.2) is 0 Å². The van der Waals surface area contributed by atoms with Crippen molar-refractivity contribution in [3.63, 3.8) is 0 Å². The summed E-state index contributed by atoms with van der Waals surface area (Å²) in [7, 11) is 0. The first-order valence-corrected chi connectivity index (χ1v) is 8.09. The normalized spacial score (nSPS) is 13.3. The Morgan fingerprint density at radius 2 is 1.60 bits per heavy atom. The van der Waals surface area contributed by atoms with Gasteiger partial charge in [-0.05, 0) is 40.2 Å². The van der Waals surface area contributed by atoms with Crippen molar-refractivity contribution in [2.75, 3.05) is 0 Å². The molecule has 7 heteroatoms. The zero-order chi connectivity index (χ0) is 19.0. The number of nitrogens with one attached hydrogen (secondary N) is 2. The van der Waals surface area contributed by atoms with Crippen molar-refractivity contribution in [1.82, 2.24) is 10.6 Å². The fraction of sp³-hybridized carbons (Fsp3) is 0.500. The molecule has 0 aliphatic carbocycles. The number of alkyl carbamates (subject to hydrolysis) is 1. The van der Waals surface area contributed by atoms with Gasteiger partial charge >= 0.3 is 12.1 Å². The molecule has 2 amide bonds. The zero-order valence-electron chi connectivity index (χ0n) is 15.3. The Hall–Kier alpha value is -2.57. The second-order valence-corrected chi connectivity index (χ2v) is 6.69. The van der Waals surface area contributed by atoms with Crippen LogP contribution >= 0.6 is 0 Å². The molecule has 0 saturated carbocycles. The quantitative estimate of drug-likeness (QED) is 0.767. The number of benzene rings is 1. The highest BCUT2D eigenvalue weighted by molar-refractivity contribution is 5.89. The molecule has 2 N–H and O–H groups in total. The van der Waals surface area contributed by atoms with Crippen molar-refractivity contribution in [2.45, 2.75) is 58.9 Å². The maximum absolute atomic E-state index is 12.0. The van der Waals surface area contributed by atoms with E-state index in [0.717, 1.165) is 5.56 Å². The molecule has 1 aromatic rings. The minimum absolute atomic E-state index is 0.106. The Morgan fingerprint density at radius 3 is 2.16 bits per heavy atom. The molecule has 0 aliphatic heterocycles. The molecule has 0 radical (unpaired) electrons. The lowest BCUT2D eigenvalue weighted by molar-refractivity contribution is -0.158. The minimum Gasteiger partial charge on any atom is -0.458 e. The number of ether oxygens (including phenoxy) is 2. The fourth-order valence-corrected chi connectivity index (χ4v) is 1.79. The summed E-state index contributed by atoms with van der Waals surface area (Å²) >= 11 is 0. The predicted octanol–water partition coefficient (Wildman–Crippen LogP) is 2.15. The van der Waals surface area contributed by atoms with E-state index < -0.39 is 35.7 Å². The number of hydrogen-bond donors (Lipinski definition) is 2. The largest absolute Gasteiger partial charge is 0.458 e. The predicted molar refractivity (Wildman–Crippen MR) is 92.7 cm³/mol. The van der Waals surface area contributed by atoms with Crippen LogP contribution in [0.2, 0.25) is 0 Å². The van der Waals surface area contributed by atoms with E-state index >= 15 is 0 Å². The third-order valence-electron chi connectivity index (χ3n) is 3.06. The molecular weight excluding hydrogens is 324 g/mol. The summed E-state index contributed by atoms with van der Waals surface area (Å²) < 4.78 is 10.2. The summed E-state index contributed by atoms with van der Waals surface area (Å²) in [6, 6.07) is 7.51. The number of esters is 1. The van der Waals surface area contributed by atoms with Crippen LogP contribution in [0.5, 0.6) is 0 Å². The van der Waals surface area contributed by atoms with Crippen molar-refractivity contribution in [1.29, 1.82) is 0 Å². The van der Waals surface area contributed by atoms with E-state index in [-0.39, 0.29) is 6.61 Å². The highest BCUT2D eigenvalue weighted by atomic mass is 16.6. The Kier molecular flexibility index (Phi) is 7.42. The number of carbonyl (C=O) groups excluding carboxylic acids is 3. The van der Waals surface area contributed by atoms with Crippen LogP contribution in [0.4, 0.5) is 4.79 Å². The standard InChI is InChI=1S/C18H26N2O5/c1-12(15(21)19-13(2)16(22)25-18(3,4)5)20-17(23)24-11-14-9-7-6-8-10-14/h6-10,12-13H,11H2,1-5H3,(H,19,21)(H,20,23)/t12-,13+/m1/s1. The van der Waals surface area contributed by atoms with E-state index in [1.807, 2.05) is 30.3 Å². The van der Waals surface area contributed by atoms with Crippen LogP contribution in [-0.2, 0) is 25.7 Å². The molecule has 0 fully saturated rings. The third-order valence-corrected chi connectivity index (χ3v) is 3.06. The molecule has 0 aliphatic rings. The molecule has 2 atom stereocenters. The Bertz CT molecular complexity index is 595. The molecule has 1 rings (SSSR count). The fourth-order valence-electron chi connectivity index (χ4n) is 1.79. The third kappa shape index (κ3) is 8.19. The van der Waals surface area contributed by atoms with Crippen LogP contribution in [0.3, 0.4) is 0 Å². The monoisotopic (exact) mass is 350 g/mol. The van der Waals surface area contributed by atoms with E-state index in [0.29, 0.717) is 0 Å². The van der Waals surface area contributed by atoms with Gasteiger partial charge in [0.1, 0.15) is 24.3 Å². The van der Waals surface area contributed by atoms with Gasteiger partial charge in [-0.3, -0.25) is 4.79 Å². The Morgan fingerprint density at radius 1 is 1.00 bits per heavy atom. The summed E-state index contributed by atoms with van der Waals surface area (Å²) in [5.74, 6) is -1.05. The SMILES string of the molecule is C[C@H](NC(=O)[C@@H](C)NC(=O)OCc1ccccc1)C(=O)OC(C)(C)C. The Balaban J connectivity index is 2.40. The minimum atomic E-state index is -0.854. The summed E-state index contributed by atoms with van der Waals surface area (Å²) in [6.45, 7) is 8.35. The average Bonchev–Trinajstić information content (AvgIpc) is 2.52. The highest BCUT2D eigenvalue weighted by Crippen LogP contribution is 2.08. The lowest BCUT2D eigenvalue weighted by Gasteiger charge is -2.23. The van der Waals surface area contributed by atoms with Crippen LogP contribution < -0.4 is 10.6 Å². The van der Waals surface area contributed by atoms with Gasteiger partial charge in [-0.1, -0.05) is 30.3 Å². The zero-order valence-corrected chi connectivity index (χ0v) is 15.3. The van der Waals surface area contributed by atoms with Gasteiger partial charge in [0.2, 0.25) is 5.91 Å². The van der Waals surface area contributed by atoms with Crippen molar-refractivity contribution in [3.05, 3.63) is 35.9 Å². The van der Waals surface area contributed by atoms with Crippen LogP contribution in [0.1, 0.15) is 40.2 Å². The van der Waals surface area contributed by atoms with Gasteiger partial charge in [0.05, 0.1) is 0 Å². The highest BCUT2D eigenvalue weighted by Gasteiger charge is 2.25. The van der Waals surface area contributed by atoms with Crippen molar-refractivity contribution in [2.24, 2.45) is 0 Å². The molecule has 0 bridgehead atoms. The summed E-state index contributed by atoms with van der Waals surface area (Å²) in [5, 5.41) is 4.91. The molecule has 138 valence electrons. The first kappa shape index (κ1) is 20.5. The lowest BCUT2D eigenvalue weighted by atomic mass is 10.2. The van der Waals surface area contributed by atoms with E-state index in [1.54, 1.807) is 20.8 Å². The van der Waals surface area contributed by atoms with Crippen molar-refractivity contribution >= 4 is 18.0 Å². The first-order valence-electron chi connectivity index (χ1n) is 8.09. The maximum Gasteiger partial charge on any atom is 0.408 e. The molecule has 0 unspecified atom stereocenters. The number of carbonyl (C=O) groups is 3. The van der Waals surface area contributed by atoms with Crippen molar-refractivity contribution < 1.29 is 23.9 Å². The van der Waals surface area contributed by atoms with Gasteiger partial charge in [0.25, 0.3) is 0 Å². The second-order valence-electron chi connectivity index (χ2n) is 6.69. The van der Waals surface area contributed by atoms with Crippen LogP contribution in [0, 0.1) is 0 Å². The first-order chi connectivity index (χ1) is 11.6. The molecule has 0 spiro atoms. The molecule has 1 aromatic carbocycles. The molecule has 0 aromatic heterocycles. The smallest absolute Gasteiger partial charge is 0.408 e. The summed E-state index contributed by atoms with van der Waals surface area (Å²) in [6.07, 6.45) is -0.712. The van der Waals surface area contributed by atoms with Gasteiger partial charge in [-0.25, -0.2) is 9.59 Å². The maximum atomic E-state index is 12.0. The van der Waals surface area contributed by atoms with E-state index in [1.165, 1.54) is 13.8 Å². The average molecular weight is 350 g/mol. The van der Waals surface area contributed by atoms with Crippen LogP contribution in [-0.4, -0.2) is 35.7 Å². The number of hydrogen-bond acceptors (Lipinski definition) is 5. The van der Waals surface area contributed by atoms with Crippen LogP contribution in [0.15, 0.2) is 30.3 Å². The van der Waals surface area contributed by atoms with E-state index in [9.17, 15) is 14.4 Å². The molecule has 7 nitrogen and oxygen atoms in total. The molecule has 0 saturated heterocycles. The van der Waals surface area contributed by atoms with Gasteiger partial charge in [-0.2, -0.15) is 0 Å².